The number of rotatable bonds is 26. The summed E-state index contributed by atoms with van der Waals surface area (Å²) >= 11 is 0. The minimum absolute atomic E-state index is 1.11. The van der Waals surface area contributed by atoms with E-state index in [1.54, 1.807) is 0 Å². The third-order valence-corrected chi connectivity index (χ3v) is 7.82. The quantitative estimate of drug-likeness (QED) is 0.0901. The molecule has 1 nitrogen and oxygen atoms in total. The Labute approximate surface area is 222 Å². The van der Waals surface area contributed by atoms with Gasteiger partial charge in [-0.05, 0) is 12.8 Å². The lowest BCUT2D eigenvalue weighted by Gasteiger charge is -2.30. The minimum Gasteiger partial charge on any atom is -0.325 e. The smallest absolute Gasteiger partial charge is 0.104 e. The number of quaternary nitrogens is 1. The van der Waals surface area contributed by atoms with Gasteiger partial charge in [0.25, 0.3) is 0 Å². The Morgan fingerprint density at radius 1 is 0.429 bits per heavy atom. The molecule has 1 rings (SSSR count). The number of hydrogen-bond donors (Lipinski definition) is 0. The van der Waals surface area contributed by atoms with Crippen molar-refractivity contribution < 1.29 is 4.48 Å². The maximum atomic E-state index is 2.38. The van der Waals surface area contributed by atoms with Crippen LogP contribution >= 0.6 is 0 Å². The molecule has 1 heteroatoms. The predicted octanol–water partition coefficient (Wildman–Crippen LogP) is 11.3. The molecule has 0 radical (unpaired) electrons. The van der Waals surface area contributed by atoms with E-state index in [-0.39, 0.29) is 0 Å². The topological polar surface area (TPSA) is 0 Å². The van der Waals surface area contributed by atoms with Crippen molar-refractivity contribution in [3.63, 3.8) is 0 Å². The molecule has 0 aromatic heterocycles. The van der Waals surface area contributed by atoms with Gasteiger partial charge in [0.2, 0.25) is 0 Å². The summed E-state index contributed by atoms with van der Waals surface area (Å²) in [6.45, 7) is 4.76. The molecule has 0 aliphatic carbocycles. The average Bonchev–Trinajstić information content (AvgIpc) is 2.85. The molecule has 1 aromatic rings. The summed E-state index contributed by atoms with van der Waals surface area (Å²) in [6.07, 6.45) is 33.6. The van der Waals surface area contributed by atoms with E-state index in [2.05, 4.69) is 51.4 Å². The molecule has 0 aliphatic rings. The summed E-state index contributed by atoms with van der Waals surface area (Å²) < 4.78 is 1.11. The fourth-order valence-corrected chi connectivity index (χ4v) is 5.48. The van der Waals surface area contributed by atoms with Gasteiger partial charge < -0.3 is 4.48 Å². The van der Waals surface area contributed by atoms with Crippen LogP contribution in [0.15, 0.2) is 30.3 Å². The second kappa shape index (κ2) is 23.6. The van der Waals surface area contributed by atoms with E-state index < -0.39 is 0 Å². The van der Waals surface area contributed by atoms with Crippen molar-refractivity contribution in [1.29, 1.82) is 0 Å². The van der Waals surface area contributed by atoms with Crippen LogP contribution in [0.5, 0.6) is 0 Å². The third kappa shape index (κ3) is 22.1. The normalized spacial score (nSPS) is 11.9. The molecule has 0 aliphatic heterocycles. The van der Waals surface area contributed by atoms with Gasteiger partial charge in [-0.15, -0.1) is 0 Å². The summed E-state index contributed by atoms with van der Waals surface area (Å²) in [6, 6.07) is 11.0. The van der Waals surface area contributed by atoms with Crippen molar-refractivity contribution in [3.8, 4) is 0 Å². The van der Waals surface area contributed by atoms with Crippen molar-refractivity contribution in [1.82, 2.24) is 0 Å². The van der Waals surface area contributed by atoms with Gasteiger partial charge in [-0.1, -0.05) is 172 Å². The first kappa shape index (κ1) is 32.2. The first-order valence-corrected chi connectivity index (χ1v) is 16.0. The van der Waals surface area contributed by atoms with Crippen LogP contribution in [0.1, 0.15) is 160 Å². The third-order valence-electron chi connectivity index (χ3n) is 7.82. The molecule has 0 fully saturated rings. The predicted molar refractivity (Wildman–Crippen MR) is 159 cm³/mol. The molecule has 35 heavy (non-hydrogen) atoms. The first-order valence-electron chi connectivity index (χ1n) is 16.0. The van der Waals surface area contributed by atoms with Gasteiger partial charge in [0.15, 0.2) is 0 Å². The fraction of sp³-hybridized carbons (Fsp3) is 0.824. The van der Waals surface area contributed by atoms with Gasteiger partial charge in [0, 0.05) is 5.56 Å². The second-order valence-corrected chi connectivity index (χ2v) is 12.1. The van der Waals surface area contributed by atoms with Gasteiger partial charge >= 0.3 is 0 Å². The van der Waals surface area contributed by atoms with Gasteiger partial charge in [0.1, 0.15) is 6.54 Å². The molecule has 0 amide bonds. The Morgan fingerprint density at radius 2 is 0.743 bits per heavy atom. The van der Waals surface area contributed by atoms with Crippen LogP contribution in [-0.2, 0) is 6.54 Å². The van der Waals surface area contributed by atoms with Crippen molar-refractivity contribution in [2.75, 3.05) is 20.6 Å². The van der Waals surface area contributed by atoms with Crippen LogP contribution in [0, 0.1) is 0 Å². The highest BCUT2D eigenvalue weighted by Gasteiger charge is 2.14. The number of hydrogen-bond acceptors (Lipinski definition) is 0. The van der Waals surface area contributed by atoms with E-state index in [0.29, 0.717) is 0 Å². The van der Waals surface area contributed by atoms with E-state index in [4.69, 9.17) is 0 Å². The van der Waals surface area contributed by atoms with E-state index in [9.17, 15) is 0 Å². The van der Waals surface area contributed by atoms with Crippen molar-refractivity contribution >= 4 is 0 Å². The van der Waals surface area contributed by atoms with Gasteiger partial charge in [0.05, 0.1) is 20.6 Å². The van der Waals surface area contributed by atoms with Gasteiger partial charge in [-0.3, -0.25) is 0 Å². The fourth-order valence-electron chi connectivity index (χ4n) is 5.48. The van der Waals surface area contributed by atoms with Gasteiger partial charge in [-0.2, -0.15) is 0 Å². The molecule has 0 unspecified atom stereocenters. The highest BCUT2D eigenvalue weighted by molar-refractivity contribution is 5.13. The highest BCUT2D eigenvalue weighted by Crippen LogP contribution is 2.16. The standard InChI is InChI=1S/C34H64N/c1-4-5-6-7-8-9-10-11-12-13-14-15-16-17-18-19-20-21-22-23-24-25-29-32-35(2,3)33-34-30-27-26-28-31-34/h26-28,30-31H,4-25,29,32-33H2,1-3H3/q+1. The van der Waals surface area contributed by atoms with Gasteiger partial charge in [-0.25, -0.2) is 0 Å². The number of nitrogens with zero attached hydrogens (tertiary/aromatic N) is 1. The molecular formula is C34H64N+. The molecule has 0 bridgehead atoms. The Balaban J connectivity index is 1.73. The lowest BCUT2D eigenvalue weighted by Crippen LogP contribution is -2.39. The lowest BCUT2D eigenvalue weighted by molar-refractivity contribution is -0.903. The monoisotopic (exact) mass is 487 g/mol. The van der Waals surface area contributed by atoms with Crippen LogP contribution in [0.3, 0.4) is 0 Å². The van der Waals surface area contributed by atoms with E-state index >= 15 is 0 Å². The Bertz CT molecular complexity index is 535. The molecule has 0 N–H and O–H groups in total. The summed E-state index contributed by atoms with van der Waals surface area (Å²) in [5.74, 6) is 0. The first-order chi connectivity index (χ1) is 17.1. The number of unbranched alkanes of at least 4 members (excludes halogenated alkanes) is 22. The maximum absolute atomic E-state index is 2.38. The summed E-state index contributed by atoms with van der Waals surface area (Å²) in [7, 11) is 4.76. The van der Waals surface area contributed by atoms with Crippen LogP contribution in [0.4, 0.5) is 0 Å². The minimum atomic E-state index is 1.11. The molecule has 0 saturated heterocycles. The largest absolute Gasteiger partial charge is 0.325 e. The molecule has 1 aromatic carbocycles. The summed E-state index contributed by atoms with van der Waals surface area (Å²) in [5.41, 5.74) is 1.46. The zero-order chi connectivity index (χ0) is 25.3. The average molecular weight is 487 g/mol. The Hall–Kier alpha value is -0.820. The van der Waals surface area contributed by atoms with Crippen molar-refractivity contribution in [2.24, 2.45) is 0 Å². The van der Waals surface area contributed by atoms with E-state index in [1.807, 2.05) is 0 Å². The lowest BCUT2D eigenvalue weighted by atomic mass is 10.0. The summed E-state index contributed by atoms with van der Waals surface area (Å²) in [5, 5.41) is 0. The van der Waals surface area contributed by atoms with Crippen molar-refractivity contribution in [2.45, 2.75) is 161 Å². The van der Waals surface area contributed by atoms with Crippen molar-refractivity contribution in [3.05, 3.63) is 35.9 Å². The Kier molecular flexibility index (Phi) is 21.7. The van der Waals surface area contributed by atoms with E-state index in [1.165, 1.54) is 160 Å². The highest BCUT2D eigenvalue weighted by atomic mass is 15.3. The molecule has 204 valence electrons. The van der Waals surface area contributed by atoms with E-state index in [0.717, 1.165) is 11.0 Å². The second-order valence-electron chi connectivity index (χ2n) is 12.1. The molecule has 0 heterocycles. The SMILES string of the molecule is CCCCCCCCCCCCCCCCCCCCCCCCC[N+](C)(C)Cc1ccccc1. The van der Waals surface area contributed by atoms with Crippen LogP contribution < -0.4 is 0 Å². The Morgan fingerprint density at radius 3 is 1.09 bits per heavy atom. The zero-order valence-corrected chi connectivity index (χ0v) is 24.5. The molecule has 0 spiro atoms. The van der Waals surface area contributed by atoms with Crippen LogP contribution in [0.25, 0.3) is 0 Å². The molecule has 0 saturated carbocycles. The summed E-state index contributed by atoms with van der Waals surface area (Å²) in [4.78, 5) is 0. The molecular weight excluding hydrogens is 422 g/mol. The van der Waals surface area contributed by atoms with Crippen LogP contribution in [0.2, 0.25) is 0 Å². The number of benzene rings is 1. The van der Waals surface area contributed by atoms with Crippen LogP contribution in [-0.4, -0.2) is 25.1 Å². The maximum Gasteiger partial charge on any atom is 0.104 e. The molecule has 0 atom stereocenters. The zero-order valence-electron chi connectivity index (χ0n) is 24.5.